The van der Waals surface area contributed by atoms with E-state index in [1.54, 1.807) is 11.8 Å². The summed E-state index contributed by atoms with van der Waals surface area (Å²) in [4.78, 5) is 25.6. The van der Waals surface area contributed by atoms with E-state index in [1.165, 1.54) is 4.68 Å². The number of hydrogen-bond donors (Lipinski definition) is 1. The number of rotatable bonds is 5. The van der Waals surface area contributed by atoms with E-state index in [0.717, 1.165) is 25.3 Å². The lowest BCUT2D eigenvalue weighted by Gasteiger charge is -2.21. The molecule has 1 atom stereocenters. The molecule has 0 aromatic carbocycles. The Morgan fingerprint density at radius 3 is 2.71 bits per heavy atom. The molecule has 0 spiro atoms. The maximum Gasteiger partial charge on any atom is 0.435 e. The van der Waals surface area contributed by atoms with E-state index in [1.807, 2.05) is 0 Å². The molecular formula is C15H19F3N4O2. The van der Waals surface area contributed by atoms with Crippen LogP contribution in [0.5, 0.6) is 0 Å². The Morgan fingerprint density at radius 2 is 2.17 bits per heavy atom. The molecule has 2 aliphatic rings. The molecule has 1 unspecified atom stereocenters. The zero-order valence-electron chi connectivity index (χ0n) is 13.3. The molecule has 0 radical (unpaired) electrons. The van der Waals surface area contributed by atoms with Gasteiger partial charge in [0.05, 0.1) is 6.04 Å². The highest BCUT2D eigenvalue weighted by atomic mass is 19.4. The fourth-order valence-corrected chi connectivity index (χ4v) is 2.87. The largest absolute Gasteiger partial charge is 0.435 e. The molecular weight excluding hydrogens is 325 g/mol. The quantitative estimate of drug-likeness (QED) is 0.888. The molecule has 1 saturated heterocycles. The first-order valence-electron chi connectivity index (χ1n) is 8.01. The van der Waals surface area contributed by atoms with Crippen molar-refractivity contribution in [3.8, 4) is 0 Å². The van der Waals surface area contributed by atoms with Gasteiger partial charge in [0.2, 0.25) is 5.91 Å². The first-order chi connectivity index (χ1) is 11.3. The normalized spacial score (nSPS) is 19.7. The van der Waals surface area contributed by atoms with E-state index in [4.69, 9.17) is 0 Å². The lowest BCUT2D eigenvalue weighted by molar-refractivity contribution is -0.141. The highest BCUT2D eigenvalue weighted by Crippen LogP contribution is 2.37. The minimum atomic E-state index is -4.58. The van der Waals surface area contributed by atoms with Gasteiger partial charge in [-0.1, -0.05) is 0 Å². The van der Waals surface area contributed by atoms with Crippen LogP contribution in [0.25, 0.3) is 0 Å². The van der Waals surface area contributed by atoms with Crippen LogP contribution in [0.15, 0.2) is 6.07 Å². The molecule has 0 bridgehead atoms. The summed E-state index contributed by atoms with van der Waals surface area (Å²) in [6.07, 6.45) is -1.84. The SMILES string of the molecule is CC(CN1CCCC1=O)NC(=O)c1cc(C(F)(F)F)nn1C1CC1. The smallest absolute Gasteiger partial charge is 0.346 e. The average molecular weight is 344 g/mol. The van der Waals surface area contributed by atoms with Crippen LogP contribution in [0.3, 0.4) is 0 Å². The summed E-state index contributed by atoms with van der Waals surface area (Å²) in [5, 5.41) is 6.22. The van der Waals surface area contributed by atoms with Gasteiger partial charge in [-0.25, -0.2) is 0 Å². The third-order valence-electron chi connectivity index (χ3n) is 4.19. The summed E-state index contributed by atoms with van der Waals surface area (Å²) in [5.41, 5.74) is -1.13. The van der Waals surface area contributed by atoms with Gasteiger partial charge < -0.3 is 10.2 Å². The number of likely N-dealkylation sites (tertiary alicyclic amines) is 1. The van der Waals surface area contributed by atoms with Crippen molar-refractivity contribution >= 4 is 11.8 Å². The standard InChI is InChI=1S/C15H19F3N4O2/c1-9(8-21-6-2-3-13(21)23)19-14(24)11-7-12(15(16,17)18)20-22(11)10-4-5-10/h7,9-10H,2-6,8H2,1H3,(H,19,24). The lowest BCUT2D eigenvalue weighted by Crippen LogP contribution is -2.42. The van der Waals surface area contributed by atoms with E-state index >= 15 is 0 Å². The number of nitrogens with zero attached hydrogens (tertiary/aromatic N) is 3. The Bertz CT molecular complexity index is 652. The number of halogens is 3. The number of carbonyl (C=O) groups is 2. The van der Waals surface area contributed by atoms with Crippen molar-refractivity contribution in [2.24, 2.45) is 0 Å². The van der Waals surface area contributed by atoms with E-state index in [9.17, 15) is 22.8 Å². The van der Waals surface area contributed by atoms with Gasteiger partial charge in [0.25, 0.3) is 5.91 Å². The average Bonchev–Trinajstić information content (AvgIpc) is 3.09. The minimum Gasteiger partial charge on any atom is -0.346 e. The number of amides is 2. The predicted octanol–water partition coefficient (Wildman–Crippen LogP) is 1.98. The number of aromatic nitrogens is 2. The molecule has 1 aromatic heterocycles. The van der Waals surface area contributed by atoms with Crippen molar-refractivity contribution in [3.63, 3.8) is 0 Å². The van der Waals surface area contributed by atoms with Crippen molar-refractivity contribution in [1.29, 1.82) is 0 Å². The number of carbonyl (C=O) groups excluding carboxylic acids is 2. The maximum atomic E-state index is 12.9. The van der Waals surface area contributed by atoms with Gasteiger partial charge in [0, 0.05) is 31.6 Å². The third-order valence-corrected chi connectivity index (χ3v) is 4.19. The number of alkyl halides is 3. The molecule has 3 rings (SSSR count). The van der Waals surface area contributed by atoms with Gasteiger partial charge in [-0.2, -0.15) is 18.3 Å². The summed E-state index contributed by atoms with van der Waals surface area (Å²) in [6.45, 7) is 2.73. The Hall–Kier alpha value is -2.06. The van der Waals surface area contributed by atoms with Gasteiger partial charge >= 0.3 is 6.18 Å². The van der Waals surface area contributed by atoms with Gasteiger partial charge in [0.15, 0.2) is 5.69 Å². The van der Waals surface area contributed by atoms with Crippen molar-refractivity contribution in [2.75, 3.05) is 13.1 Å². The van der Waals surface area contributed by atoms with Crippen LogP contribution in [0.1, 0.15) is 54.8 Å². The molecule has 6 nitrogen and oxygen atoms in total. The second-order valence-electron chi connectivity index (χ2n) is 6.41. The van der Waals surface area contributed by atoms with Crippen molar-refractivity contribution in [3.05, 3.63) is 17.5 Å². The van der Waals surface area contributed by atoms with Crippen LogP contribution in [0.2, 0.25) is 0 Å². The molecule has 1 N–H and O–H groups in total. The molecule has 24 heavy (non-hydrogen) atoms. The predicted molar refractivity (Wildman–Crippen MR) is 78.2 cm³/mol. The molecule has 1 aliphatic heterocycles. The van der Waals surface area contributed by atoms with E-state index < -0.39 is 17.8 Å². The molecule has 2 amide bonds. The minimum absolute atomic E-state index is 0.0403. The Morgan fingerprint density at radius 1 is 1.46 bits per heavy atom. The first kappa shape index (κ1) is 16.8. The topological polar surface area (TPSA) is 67.2 Å². The van der Waals surface area contributed by atoms with Crippen molar-refractivity contribution in [1.82, 2.24) is 20.0 Å². The third kappa shape index (κ3) is 3.54. The molecule has 132 valence electrons. The summed E-state index contributed by atoms with van der Waals surface area (Å²) in [6, 6.07) is 0.301. The first-order valence-corrected chi connectivity index (χ1v) is 8.01. The Labute approximate surface area is 137 Å². The number of nitrogens with one attached hydrogen (secondary N) is 1. The second-order valence-corrected chi connectivity index (χ2v) is 6.41. The van der Waals surface area contributed by atoms with Crippen LogP contribution in [0, 0.1) is 0 Å². The van der Waals surface area contributed by atoms with Crippen molar-refractivity contribution in [2.45, 2.75) is 50.9 Å². The monoisotopic (exact) mass is 344 g/mol. The molecule has 1 aliphatic carbocycles. The van der Waals surface area contributed by atoms with Crippen LogP contribution >= 0.6 is 0 Å². The number of hydrogen-bond acceptors (Lipinski definition) is 3. The molecule has 2 fully saturated rings. The Balaban J connectivity index is 1.70. The highest BCUT2D eigenvalue weighted by molar-refractivity contribution is 5.93. The zero-order chi connectivity index (χ0) is 17.5. The van der Waals surface area contributed by atoms with Crippen LogP contribution in [-0.2, 0) is 11.0 Å². The van der Waals surface area contributed by atoms with Gasteiger partial charge in [-0.15, -0.1) is 0 Å². The maximum absolute atomic E-state index is 12.9. The van der Waals surface area contributed by atoms with E-state index in [0.29, 0.717) is 19.5 Å². The second kappa shape index (κ2) is 6.10. The van der Waals surface area contributed by atoms with Crippen LogP contribution < -0.4 is 5.32 Å². The van der Waals surface area contributed by atoms with Gasteiger partial charge in [0.1, 0.15) is 5.69 Å². The lowest BCUT2D eigenvalue weighted by atomic mass is 10.2. The molecule has 2 heterocycles. The van der Waals surface area contributed by atoms with Gasteiger partial charge in [-0.05, 0) is 26.2 Å². The zero-order valence-corrected chi connectivity index (χ0v) is 13.3. The van der Waals surface area contributed by atoms with E-state index in [-0.39, 0.29) is 23.7 Å². The summed E-state index contributed by atoms with van der Waals surface area (Å²) >= 11 is 0. The molecule has 1 aromatic rings. The summed E-state index contributed by atoms with van der Waals surface area (Å²) < 4.78 is 39.7. The molecule has 1 saturated carbocycles. The van der Waals surface area contributed by atoms with Gasteiger partial charge in [-0.3, -0.25) is 14.3 Å². The summed E-state index contributed by atoms with van der Waals surface area (Å²) in [5.74, 6) is -0.553. The van der Waals surface area contributed by atoms with Crippen molar-refractivity contribution < 1.29 is 22.8 Å². The fraction of sp³-hybridized carbons (Fsp3) is 0.667. The van der Waals surface area contributed by atoms with Crippen LogP contribution in [-0.4, -0.2) is 45.6 Å². The molecule has 9 heteroatoms. The Kier molecular flexibility index (Phi) is 4.27. The van der Waals surface area contributed by atoms with Crippen LogP contribution in [0.4, 0.5) is 13.2 Å². The van der Waals surface area contributed by atoms with E-state index in [2.05, 4.69) is 10.4 Å². The highest BCUT2D eigenvalue weighted by Gasteiger charge is 2.38. The fourth-order valence-electron chi connectivity index (χ4n) is 2.87. The summed E-state index contributed by atoms with van der Waals surface area (Å²) in [7, 11) is 0.